The second-order valence-electron chi connectivity index (χ2n) is 3.88. The van der Waals surface area contributed by atoms with Crippen LogP contribution in [0.1, 0.15) is 38.2 Å². The minimum atomic E-state index is -0.785. The number of aromatic nitrogens is 2. The van der Waals surface area contributed by atoms with Crippen LogP contribution in [0.2, 0.25) is 0 Å². The molecule has 0 amide bonds. The molecule has 4 nitrogen and oxygen atoms in total. The van der Waals surface area contributed by atoms with Crippen LogP contribution in [-0.4, -0.2) is 21.0 Å². The van der Waals surface area contributed by atoms with E-state index in [9.17, 15) is 4.79 Å². The highest BCUT2D eigenvalue weighted by molar-refractivity contribution is 5.69. The number of rotatable bonds is 4. The lowest BCUT2D eigenvalue weighted by molar-refractivity contribution is -0.141. The Balaban J connectivity index is 2.64. The minimum Gasteiger partial charge on any atom is -0.481 e. The molecule has 0 spiro atoms. The molecule has 0 aliphatic heterocycles. The predicted octanol–water partition coefficient (Wildman–Crippen LogP) is 1.80. The zero-order chi connectivity index (χ0) is 10.7. The van der Waals surface area contributed by atoms with E-state index in [1.807, 2.05) is 0 Å². The molecule has 14 heavy (non-hydrogen) atoms. The van der Waals surface area contributed by atoms with E-state index in [0.717, 1.165) is 11.5 Å². The monoisotopic (exact) mass is 196 g/mol. The van der Waals surface area contributed by atoms with Crippen LogP contribution < -0.4 is 0 Å². The van der Waals surface area contributed by atoms with Crippen LogP contribution in [0.25, 0.3) is 0 Å². The topological polar surface area (TPSA) is 66.0 Å². The Labute approximate surface area is 83.4 Å². The smallest absolute Gasteiger partial charge is 0.306 e. The Bertz CT molecular complexity index is 318. The van der Waals surface area contributed by atoms with E-state index >= 15 is 0 Å². The molecule has 0 aliphatic carbocycles. The van der Waals surface area contributed by atoms with Crippen molar-refractivity contribution in [1.82, 2.24) is 9.97 Å². The maximum atomic E-state index is 10.6. The van der Waals surface area contributed by atoms with Gasteiger partial charge >= 0.3 is 5.97 Å². The quantitative estimate of drug-likeness (QED) is 0.771. The maximum Gasteiger partial charge on any atom is 0.306 e. The molecule has 1 atom stereocenters. The molecule has 1 unspecified atom stereocenters. The van der Waals surface area contributed by atoms with E-state index in [2.05, 4.69) is 23.8 Å². The number of hydrogen-bond acceptors (Lipinski definition) is 2. The van der Waals surface area contributed by atoms with Crippen LogP contribution in [0.4, 0.5) is 0 Å². The van der Waals surface area contributed by atoms with Gasteiger partial charge in [-0.15, -0.1) is 0 Å². The average molecular weight is 196 g/mol. The summed E-state index contributed by atoms with van der Waals surface area (Å²) in [6.45, 7) is 5.82. The third-order valence-electron chi connectivity index (χ3n) is 2.19. The van der Waals surface area contributed by atoms with E-state index in [4.69, 9.17) is 5.11 Å². The van der Waals surface area contributed by atoms with Crippen LogP contribution in [-0.2, 0) is 11.2 Å². The van der Waals surface area contributed by atoms with Crippen LogP contribution in [0.3, 0.4) is 0 Å². The molecule has 1 rings (SSSR count). The number of H-pyrrole nitrogens is 1. The fourth-order valence-electron chi connectivity index (χ4n) is 1.15. The lowest BCUT2D eigenvalue weighted by Crippen LogP contribution is -2.13. The lowest BCUT2D eigenvalue weighted by atomic mass is 10.1. The lowest BCUT2D eigenvalue weighted by Gasteiger charge is -2.03. The van der Waals surface area contributed by atoms with E-state index < -0.39 is 5.97 Å². The number of aliphatic carboxylic acids is 1. The number of nitrogens with one attached hydrogen (secondary N) is 1. The summed E-state index contributed by atoms with van der Waals surface area (Å²) < 4.78 is 0. The van der Waals surface area contributed by atoms with Crippen molar-refractivity contribution in [2.24, 2.45) is 5.92 Å². The molecular weight excluding hydrogens is 180 g/mol. The van der Waals surface area contributed by atoms with Crippen molar-refractivity contribution in [1.29, 1.82) is 0 Å². The molecule has 0 saturated carbocycles. The molecule has 1 aromatic rings. The van der Waals surface area contributed by atoms with Gasteiger partial charge in [0.15, 0.2) is 0 Å². The van der Waals surface area contributed by atoms with Crippen LogP contribution in [0.5, 0.6) is 0 Å². The SMILES string of the molecule is CC(Cc1ncc(C(C)C)[nH]1)C(=O)O. The van der Waals surface area contributed by atoms with Crippen LogP contribution in [0, 0.1) is 5.92 Å². The molecule has 0 fully saturated rings. The van der Waals surface area contributed by atoms with Gasteiger partial charge in [-0.05, 0) is 5.92 Å². The second kappa shape index (κ2) is 4.26. The largest absolute Gasteiger partial charge is 0.481 e. The summed E-state index contributed by atoms with van der Waals surface area (Å²) >= 11 is 0. The van der Waals surface area contributed by atoms with E-state index in [0.29, 0.717) is 12.3 Å². The molecule has 1 heterocycles. The predicted molar refractivity (Wildman–Crippen MR) is 53.2 cm³/mol. The van der Waals surface area contributed by atoms with Gasteiger partial charge in [-0.1, -0.05) is 20.8 Å². The maximum absolute atomic E-state index is 10.6. The molecule has 78 valence electrons. The van der Waals surface area contributed by atoms with Crippen molar-refractivity contribution in [2.75, 3.05) is 0 Å². The van der Waals surface area contributed by atoms with Gasteiger partial charge in [-0.25, -0.2) is 4.98 Å². The van der Waals surface area contributed by atoms with Gasteiger partial charge in [0, 0.05) is 18.3 Å². The van der Waals surface area contributed by atoms with Crippen molar-refractivity contribution in [2.45, 2.75) is 33.1 Å². The fourth-order valence-corrected chi connectivity index (χ4v) is 1.15. The molecule has 1 aromatic heterocycles. The summed E-state index contributed by atoms with van der Waals surface area (Å²) in [4.78, 5) is 17.9. The van der Waals surface area contributed by atoms with Crippen molar-refractivity contribution in [3.8, 4) is 0 Å². The first kappa shape index (κ1) is 10.8. The van der Waals surface area contributed by atoms with Gasteiger partial charge in [0.2, 0.25) is 0 Å². The van der Waals surface area contributed by atoms with Gasteiger partial charge in [0.25, 0.3) is 0 Å². The van der Waals surface area contributed by atoms with Gasteiger partial charge < -0.3 is 10.1 Å². The number of hydrogen-bond donors (Lipinski definition) is 2. The van der Waals surface area contributed by atoms with Gasteiger partial charge in [0.05, 0.1) is 5.92 Å². The molecule has 0 bridgehead atoms. The number of imidazole rings is 1. The molecule has 0 saturated heterocycles. The Morgan fingerprint density at radius 2 is 2.21 bits per heavy atom. The summed E-state index contributed by atoms with van der Waals surface area (Å²) in [5.41, 5.74) is 1.05. The first-order valence-corrected chi connectivity index (χ1v) is 4.77. The van der Waals surface area contributed by atoms with Crippen molar-refractivity contribution in [3.63, 3.8) is 0 Å². The zero-order valence-corrected chi connectivity index (χ0v) is 8.74. The third-order valence-corrected chi connectivity index (χ3v) is 2.19. The van der Waals surface area contributed by atoms with Crippen molar-refractivity contribution < 1.29 is 9.90 Å². The van der Waals surface area contributed by atoms with Gasteiger partial charge in [-0.3, -0.25) is 4.79 Å². The minimum absolute atomic E-state index is 0.388. The number of carbonyl (C=O) groups is 1. The Morgan fingerprint density at radius 3 is 2.64 bits per heavy atom. The van der Waals surface area contributed by atoms with Crippen LogP contribution in [0.15, 0.2) is 6.20 Å². The Hall–Kier alpha value is -1.32. The summed E-state index contributed by atoms with van der Waals surface area (Å²) in [6.07, 6.45) is 2.23. The van der Waals surface area contributed by atoms with E-state index in [1.165, 1.54) is 0 Å². The second-order valence-corrected chi connectivity index (χ2v) is 3.88. The number of aromatic amines is 1. The first-order chi connectivity index (χ1) is 6.50. The molecule has 0 aromatic carbocycles. The van der Waals surface area contributed by atoms with E-state index in [-0.39, 0.29) is 5.92 Å². The number of carboxylic acid groups (broad SMARTS) is 1. The Kier molecular flexibility index (Phi) is 3.28. The third kappa shape index (κ3) is 2.58. The normalized spacial score (nSPS) is 13.1. The standard InChI is InChI=1S/C10H16N2O2/c1-6(2)8-5-11-9(12-8)4-7(3)10(13)14/h5-7H,4H2,1-3H3,(H,11,12)(H,13,14). The number of carboxylic acids is 1. The molecular formula is C10H16N2O2. The average Bonchev–Trinajstić information content (AvgIpc) is 2.52. The highest BCUT2D eigenvalue weighted by Crippen LogP contribution is 2.12. The molecule has 4 heteroatoms. The number of nitrogens with zero attached hydrogens (tertiary/aromatic N) is 1. The first-order valence-electron chi connectivity index (χ1n) is 4.77. The van der Waals surface area contributed by atoms with E-state index in [1.54, 1.807) is 13.1 Å². The summed E-state index contributed by atoms with van der Waals surface area (Å²) in [5, 5.41) is 8.72. The summed E-state index contributed by atoms with van der Waals surface area (Å²) in [7, 11) is 0. The van der Waals surface area contributed by atoms with Gasteiger partial charge in [0.1, 0.15) is 5.82 Å². The molecule has 0 radical (unpaired) electrons. The summed E-state index contributed by atoms with van der Waals surface area (Å²) in [5.74, 6) is -0.0198. The van der Waals surface area contributed by atoms with Crippen molar-refractivity contribution >= 4 is 5.97 Å². The fraction of sp³-hybridized carbons (Fsp3) is 0.600. The molecule has 0 aliphatic rings. The van der Waals surface area contributed by atoms with Crippen LogP contribution >= 0.6 is 0 Å². The zero-order valence-electron chi connectivity index (χ0n) is 8.74. The van der Waals surface area contributed by atoms with Crippen molar-refractivity contribution in [3.05, 3.63) is 17.7 Å². The Morgan fingerprint density at radius 1 is 1.57 bits per heavy atom. The highest BCUT2D eigenvalue weighted by atomic mass is 16.4. The summed E-state index contributed by atoms with van der Waals surface area (Å²) in [6, 6.07) is 0. The molecule has 2 N–H and O–H groups in total. The highest BCUT2D eigenvalue weighted by Gasteiger charge is 2.14. The van der Waals surface area contributed by atoms with Gasteiger partial charge in [-0.2, -0.15) is 0 Å².